The number of aliphatic hydroxyl groups is 1. The van der Waals surface area contributed by atoms with Crippen molar-refractivity contribution in [2.45, 2.75) is 60.7 Å². The third-order valence-corrected chi connectivity index (χ3v) is 1.86. The van der Waals surface area contributed by atoms with E-state index in [1.54, 1.807) is 0 Å². The largest absolute Gasteiger partial charge is 0.436 e. The minimum atomic E-state index is -0.857. The standard InChI is InChI=1S/C8H14O3.2C2H6/c1-5(2)3-6-4-7(9)11-8(6)10;2*1-2/h5-6,8,10H,3-4H2,1-2H3;2*1-2H3. The fraction of sp³-hybridized carbons (Fsp3) is 0.917. The van der Waals surface area contributed by atoms with E-state index in [2.05, 4.69) is 18.6 Å². The molecule has 0 aromatic rings. The number of hydrogen-bond donors (Lipinski definition) is 1. The Hall–Kier alpha value is -0.570. The highest BCUT2D eigenvalue weighted by molar-refractivity contribution is 5.71. The van der Waals surface area contributed by atoms with Crippen LogP contribution in [0.2, 0.25) is 0 Å². The van der Waals surface area contributed by atoms with E-state index in [0.29, 0.717) is 12.3 Å². The van der Waals surface area contributed by atoms with Crippen molar-refractivity contribution in [3.8, 4) is 0 Å². The lowest BCUT2D eigenvalue weighted by atomic mass is 9.95. The van der Waals surface area contributed by atoms with Gasteiger partial charge in [0.1, 0.15) is 0 Å². The molecule has 92 valence electrons. The van der Waals surface area contributed by atoms with Crippen LogP contribution in [-0.4, -0.2) is 17.4 Å². The number of carbonyl (C=O) groups is 1. The van der Waals surface area contributed by atoms with Gasteiger partial charge in [-0.3, -0.25) is 4.79 Å². The molecule has 2 unspecified atom stereocenters. The molecule has 0 spiro atoms. The van der Waals surface area contributed by atoms with E-state index in [4.69, 9.17) is 5.11 Å². The Morgan fingerprint density at radius 2 is 1.80 bits per heavy atom. The topological polar surface area (TPSA) is 46.5 Å². The van der Waals surface area contributed by atoms with Crippen LogP contribution in [0.1, 0.15) is 54.4 Å². The second kappa shape index (κ2) is 9.97. The molecule has 3 nitrogen and oxygen atoms in total. The molecule has 0 bridgehead atoms. The lowest BCUT2D eigenvalue weighted by Gasteiger charge is -2.13. The third kappa shape index (κ3) is 7.37. The number of cyclic esters (lactones) is 1. The second-order valence-electron chi connectivity index (χ2n) is 3.47. The molecular formula is C12H26O3. The molecule has 1 rings (SSSR count). The molecule has 0 aliphatic carbocycles. The molecule has 1 aliphatic rings. The van der Waals surface area contributed by atoms with Gasteiger partial charge in [0.05, 0.1) is 6.42 Å². The van der Waals surface area contributed by atoms with Gasteiger partial charge in [0.25, 0.3) is 0 Å². The highest BCUT2D eigenvalue weighted by atomic mass is 16.6. The third-order valence-electron chi connectivity index (χ3n) is 1.86. The van der Waals surface area contributed by atoms with Gasteiger partial charge in [0, 0.05) is 5.92 Å². The van der Waals surface area contributed by atoms with Crippen molar-refractivity contribution in [1.82, 2.24) is 0 Å². The molecule has 1 aliphatic heterocycles. The first-order chi connectivity index (χ1) is 7.09. The minimum Gasteiger partial charge on any atom is -0.436 e. The molecule has 0 aromatic heterocycles. The van der Waals surface area contributed by atoms with E-state index in [1.165, 1.54) is 0 Å². The van der Waals surface area contributed by atoms with Gasteiger partial charge in [-0.1, -0.05) is 41.5 Å². The average Bonchev–Trinajstić information content (AvgIpc) is 2.51. The number of esters is 1. The number of ether oxygens (including phenoxy) is 1. The lowest BCUT2D eigenvalue weighted by Crippen LogP contribution is -2.16. The first kappa shape index (κ1) is 16.8. The van der Waals surface area contributed by atoms with Crippen LogP contribution in [0.25, 0.3) is 0 Å². The molecule has 2 atom stereocenters. The van der Waals surface area contributed by atoms with Crippen molar-refractivity contribution >= 4 is 5.97 Å². The molecular weight excluding hydrogens is 192 g/mol. The summed E-state index contributed by atoms with van der Waals surface area (Å²) in [6.45, 7) is 12.1. The summed E-state index contributed by atoms with van der Waals surface area (Å²) < 4.78 is 4.59. The maximum Gasteiger partial charge on any atom is 0.308 e. The summed E-state index contributed by atoms with van der Waals surface area (Å²) in [6, 6.07) is 0. The molecule has 0 amide bonds. The van der Waals surface area contributed by atoms with Crippen LogP contribution in [0.3, 0.4) is 0 Å². The van der Waals surface area contributed by atoms with Crippen LogP contribution in [-0.2, 0) is 9.53 Å². The number of aliphatic hydroxyl groups excluding tert-OH is 1. The van der Waals surface area contributed by atoms with Gasteiger partial charge in [-0.25, -0.2) is 0 Å². The highest BCUT2D eigenvalue weighted by Gasteiger charge is 2.33. The van der Waals surface area contributed by atoms with Crippen molar-refractivity contribution in [1.29, 1.82) is 0 Å². The van der Waals surface area contributed by atoms with Crippen molar-refractivity contribution < 1.29 is 14.6 Å². The quantitative estimate of drug-likeness (QED) is 0.725. The minimum absolute atomic E-state index is 0.0162. The monoisotopic (exact) mass is 218 g/mol. The van der Waals surface area contributed by atoms with Crippen molar-refractivity contribution in [3.63, 3.8) is 0 Å². The summed E-state index contributed by atoms with van der Waals surface area (Å²) in [4.78, 5) is 10.7. The van der Waals surface area contributed by atoms with Crippen molar-refractivity contribution in [2.24, 2.45) is 11.8 Å². The van der Waals surface area contributed by atoms with Crippen LogP contribution in [0.4, 0.5) is 0 Å². The lowest BCUT2D eigenvalue weighted by molar-refractivity contribution is -0.156. The van der Waals surface area contributed by atoms with Crippen molar-refractivity contribution in [2.75, 3.05) is 0 Å². The summed E-state index contributed by atoms with van der Waals surface area (Å²) >= 11 is 0. The normalized spacial score (nSPS) is 23.6. The van der Waals surface area contributed by atoms with E-state index < -0.39 is 6.29 Å². The van der Waals surface area contributed by atoms with Crippen LogP contribution < -0.4 is 0 Å². The molecule has 0 aromatic carbocycles. The maximum atomic E-state index is 10.7. The van der Waals surface area contributed by atoms with E-state index >= 15 is 0 Å². The predicted octanol–water partition coefficient (Wildman–Crippen LogP) is 2.97. The maximum absolute atomic E-state index is 10.7. The number of hydrogen-bond acceptors (Lipinski definition) is 3. The fourth-order valence-corrected chi connectivity index (χ4v) is 1.40. The zero-order valence-electron chi connectivity index (χ0n) is 10.9. The number of rotatable bonds is 2. The van der Waals surface area contributed by atoms with Crippen LogP contribution in [0.15, 0.2) is 0 Å². The Morgan fingerprint density at radius 3 is 2.07 bits per heavy atom. The molecule has 0 radical (unpaired) electrons. The first-order valence-corrected chi connectivity index (χ1v) is 5.97. The Labute approximate surface area is 93.8 Å². The molecule has 0 saturated carbocycles. The molecule has 1 fully saturated rings. The molecule has 3 heteroatoms. The van der Waals surface area contributed by atoms with Gasteiger partial charge >= 0.3 is 5.97 Å². The highest BCUT2D eigenvalue weighted by Crippen LogP contribution is 2.26. The summed E-state index contributed by atoms with van der Waals surface area (Å²) in [7, 11) is 0. The average molecular weight is 218 g/mol. The fourth-order valence-electron chi connectivity index (χ4n) is 1.40. The summed E-state index contributed by atoms with van der Waals surface area (Å²) in [5.41, 5.74) is 0. The van der Waals surface area contributed by atoms with Crippen LogP contribution >= 0.6 is 0 Å². The van der Waals surface area contributed by atoms with E-state index in [-0.39, 0.29) is 11.9 Å². The van der Waals surface area contributed by atoms with Crippen molar-refractivity contribution in [3.05, 3.63) is 0 Å². The van der Waals surface area contributed by atoms with Gasteiger partial charge in [-0.05, 0) is 12.3 Å². The van der Waals surface area contributed by atoms with E-state index in [9.17, 15) is 4.79 Å². The Kier molecular flexibility index (Phi) is 11.2. The van der Waals surface area contributed by atoms with Gasteiger partial charge < -0.3 is 9.84 Å². The molecule has 1 N–H and O–H groups in total. The van der Waals surface area contributed by atoms with Crippen LogP contribution in [0.5, 0.6) is 0 Å². The predicted molar refractivity (Wildman–Crippen MR) is 62.4 cm³/mol. The summed E-state index contributed by atoms with van der Waals surface area (Å²) in [5, 5.41) is 9.17. The van der Waals surface area contributed by atoms with E-state index in [0.717, 1.165) is 6.42 Å². The zero-order valence-corrected chi connectivity index (χ0v) is 10.9. The van der Waals surface area contributed by atoms with Gasteiger partial charge in [-0.2, -0.15) is 0 Å². The number of carbonyl (C=O) groups excluding carboxylic acids is 1. The van der Waals surface area contributed by atoms with Gasteiger partial charge in [0.2, 0.25) is 6.29 Å². The summed E-state index contributed by atoms with van der Waals surface area (Å²) in [5.74, 6) is 0.245. The van der Waals surface area contributed by atoms with Gasteiger partial charge in [0.15, 0.2) is 0 Å². The Balaban J connectivity index is 0. The second-order valence-corrected chi connectivity index (χ2v) is 3.47. The van der Waals surface area contributed by atoms with E-state index in [1.807, 2.05) is 27.7 Å². The first-order valence-electron chi connectivity index (χ1n) is 5.97. The molecule has 15 heavy (non-hydrogen) atoms. The zero-order chi connectivity index (χ0) is 12.4. The smallest absolute Gasteiger partial charge is 0.308 e. The Bertz CT molecular complexity index is 155. The van der Waals surface area contributed by atoms with Gasteiger partial charge in [-0.15, -0.1) is 0 Å². The molecule has 1 saturated heterocycles. The van der Waals surface area contributed by atoms with Crippen LogP contribution in [0, 0.1) is 11.8 Å². The molecule has 1 heterocycles. The summed E-state index contributed by atoms with van der Waals surface area (Å²) in [6.07, 6.45) is 0.372. The SMILES string of the molecule is CC.CC.CC(C)CC1CC(=O)OC1O. The Morgan fingerprint density at radius 1 is 1.33 bits per heavy atom.